The molecule has 0 spiro atoms. The second-order valence-electron chi connectivity index (χ2n) is 4.00. The van der Waals surface area contributed by atoms with E-state index < -0.39 is 16.9 Å². The van der Waals surface area contributed by atoms with E-state index in [-0.39, 0.29) is 5.69 Å². The summed E-state index contributed by atoms with van der Waals surface area (Å²) in [5.41, 5.74) is 0.290. The van der Waals surface area contributed by atoms with E-state index in [0.717, 1.165) is 0 Å². The molecule has 1 rings (SSSR count). The van der Waals surface area contributed by atoms with Crippen molar-refractivity contribution >= 4 is 17.3 Å². The van der Waals surface area contributed by atoms with Crippen LogP contribution in [-0.4, -0.2) is 35.7 Å². The summed E-state index contributed by atoms with van der Waals surface area (Å²) in [5, 5.41) is 19.8. The molecule has 0 amide bonds. The van der Waals surface area contributed by atoms with Gasteiger partial charge in [-0.3, -0.25) is 10.1 Å². The maximum Gasteiger partial charge on any atom is 0.326 e. The van der Waals surface area contributed by atoms with Crippen LogP contribution in [0.25, 0.3) is 0 Å². The summed E-state index contributed by atoms with van der Waals surface area (Å²) in [4.78, 5) is 22.7. The maximum absolute atomic E-state index is 10.9. The van der Waals surface area contributed by atoms with Crippen LogP contribution >= 0.6 is 0 Å². The van der Waals surface area contributed by atoms with Crippen LogP contribution in [0.15, 0.2) is 18.2 Å². The highest BCUT2D eigenvalue weighted by Crippen LogP contribution is 2.28. The summed E-state index contributed by atoms with van der Waals surface area (Å²) in [6.45, 7) is 3.64. The van der Waals surface area contributed by atoms with Gasteiger partial charge in [0.2, 0.25) is 0 Å². The van der Waals surface area contributed by atoms with Crippen LogP contribution in [-0.2, 0) is 4.79 Å². The van der Waals surface area contributed by atoms with Crippen molar-refractivity contribution in [3.8, 4) is 5.75 Å². The van der Waals surface area contributed by atoms with Gasteiger partial charge in [0.1, 0.15) is 11.8 Å². The van der Waals surface area contributed by atoms with Gasteiger partial charge >= 0.3 is 5.97 Å². The zero-order chi connectivity index (χ0) is 14.6. The number of benzene rings is 1. The Morgan fingerprint density at radius 3 is 2.63 bits per heavy atom. The number of ether oxygens (including phenoxy) is 1. The van der Waals surface area contributed by atoms with E-state index >= 15 is 0 Å². The summed E-state index contributed by atoms with van der Waals surface area (Å²) in [6.07, 6.45) is 0. The number of hydrogen-bond donors (Lipinski definition) is 1. The molecule has 1 N–H and O–H groups in total. The second kappa shape index (κ2) is 6.03. The quantitative estimate of drug-likeness (QED) is 0.625. The average Bonchev–Trinajstić information content (AvgIpc) is 2.36. The number of hydrogen-bond acceptors (Lipinski definition) is 5. The van der Waals surface area contributed by atoms with Crippen LogP contribution in [0.3, 0.4) is 0 Å². The molecule has 0 saturated heterocycles. The molecule has 0 aliphatic carbocycles. The van der Waals surface area contributed by atoms with Crippen molar-refractivity contribution in [3.63, 3.8) is 0 Å². The topological polar surface area (TPSA) is 92.9 Å². The summed E-state index contributed by atoms with van der Waals surface area (Å²) in [6, 6.07) is 3.42. The van der Waals surface area contributed by atoms with E-state index in [2.05, 4.69) is 0 Å². The standard InChI is InChI=1S/C12H16N2O5/c1-4-19-11-6-9(5-10(7-11)14(17)18)13(3)8(2)12(15)16/h5-8H,4H2,1-3H3,(H,15,16). The molecular formula is C12H16N2O5. The van der Waals surface area contributed by atoms with Crippen LogP contribution < -0.4 is 9.64 Å². The molecule has 7 heteroatoms. The molecule has 0 saturated carbocycles. The van der Waals surface area contributed by atoms with Crippen molar-refractivity contribution < 1.29 is 19.6 Å². The van der Waals surface area contributed by atoms with Crippen LogP contribution in [0.4, 0.5) is 11.4 Å². The van der Waals surface area contributed by atoms with Gasteiger partial charge in [-0.05, 0) is 13.8 Å². The summed E-state index contributed by atoms with van der Waals surface area (Å²) >= 11 is 0. The molecule has 1 atom stereocenters. The highest BCUT2D eigenvalue weighted by Gasteiger charge is 2.20. The number of nitro benzene ring substituents is 1. The Bertz CT molecular complexity index is 489. The molecule has 7 nitrogen and oxygen atoms in total. The molecular weight excluding hydrogens is 252 g/mol. The van der Waals surface area contributed by atoms with Crippen molar-refractivity contribution in [3.05, 3.63) is 28.3 Å². The molecule has 19 heavy (non-hydrogen) atoms. The minimum atomic E-state index is -1.01. The number of carbonyl (C=O) groups is 1. The number of non-ortho nitro benzene ring substituents is 1. The number of anilines is 1. The predicted molar refractivity (Wildman–Crippen MR) is 69.8 cm³/mol. The van der Waals surface area contributed by atoms with Gasteiger partial charge in [0.15, 0.2) is 0 Å². The lowest BCUT2D eigenvalue weighted by molar-refractivity contribution is -0.384. The molecule has 0 heterocycles. The SMILES string of the molecule is CCOc1cc(N(C)C(C)C(=O)O)cc([N+](=O)[O-])c1. The first kappa shape index (κ1) is 14.7. The Kier molecular flexibility index (Phi) is 4.68. The van der Waals surface area contributed by atoms with Crippen LogP contribution in [0.2, 0.25) is 0 Å². The third-order valence-corrected chi connectivity index (χ3v) is 2.74. The first-order chi connectivity index (χ1) is 8.86. The molecule has 1 aromatic rings. The summed E-state index contributed by atoms with van der Waals surface area (Å²) in [7, 11) is 1.56. The molecule has 1 aromatic carbocycles. The first-order valence-corrected chi connectivity index (χ1v) is 5.74. The Morgan fingerprint density at radius 1 is 1.53 bits per heavy atom. The van der Waals surface area contributed by atoms with Crippen molar-refractivity contribution in [2.24, 2.45) is 0 Å². The maximum atomic E-state index is 10.9. The van der Waals surface area contributed by atoms with Gasteiger partial charge in [-0.25, -0.2) is 4.79 Å². The van der Waals surface area contributed by atoms with Crippen molar-refractivity contribution in [2.75, 3.05) is 18.6 Å². The number of aliphatic carboxylic acids is 1. The molecule has 0 fully saturated rings. The Labute approximate surface area is 110 Å². The van der Waals surface area contributed by atoms with Crippen molar-refractivity contribution in [2.45, 2.75) is 19.9 Å². The van der Waals surface area contributed by atoms with Gasteiger partial charge in [0, 0.05) is 24.9 Å². The number of carboxylic acid groups (broad SMARTS) is 1. The van der Waals surface area contributed by atoms with Gasteiger partial charge in [-0.15, -0.1) is 0 Å². The van der Waals surface area contributed by atoms with Gasteiger partial charge in [-0.2, -0.15) is 0 Å². The van der Waals surface area contributed by atoms with Gasteiger partial charge in [0.05, 0.1) is 17.6 Å². The second-order valence-corrected chi connectivity index (χ2v) is 4.00. The molecule has 0 radical (unpaired) electrons. The molecule has 0 bridgehead atoms. The van der Waals surface area contributed by atoms with Gasteiger partial charge in [-0.1, -0.05) is 0 Å². The highest BCUT2D eigenvalue weighted by molar-refractivity contribution is 5.78. The van der Waals surface area contributed by atoms with Gasteiger partial charge in [0.25, 0.3) is 5.69 Å². The minimum absolute atomic E-state index is 0.134. The van der Waals surface area contributed by atoms with E-state index in [4.69, 9.17) is 9.84 Å². The highest BCUT2D eigenvalue weighted by atomic mass is 16.6. The minimum Gasteiger partial charge on any atom is -0.494 e. The number of likely N-dealkylation sites (N-methyl/N-ethyl adjacent to an activating group) is 1. The monoisotopic (exact) mass is 268 g/mol. The summed E-state index contributed by atoms with van der Waals surface area (Å²) in [5.74, 6) is -0.664. The molecule has 0 aromatic heterocycles. The third-order valence-electron chi connectivity index (χ3n) is 2.74. The average molecular weight is 268 g/mol. The lowest BCUT2D eigenvalue weighted by Crippen LogP contribution is -2.35. The number of nitrogens with zero attached hydrogens (tertiary/aromatic N) is 2. The smallest absolute Gasteiger partial charge is 0.326 e. The van der Waals surface area contributed by atoms with E-state index in [1.807, 2.05) is 0 Å². The lowest BCUT2D eigenvalue weighted by atomic mass is 10.2. The predicted octanol–water partition coefficient (Wildman–Crippen LogP) is 1.90. The normalized spacial score (nSPS) is 11.7. The zero-order valence-corrected chi connectivity index (χ0v) is 11.0. The zero-order valence-electron chi connectivity index (χ0n) is 11.0. The fraction of sp³-hybridized carbons (Fsp3) is 0.417. The first-order valence-electron chi connectivity index (χ1n) is 5.74. The number of carboxylic acids is 1. The number of rotatable bonds is 6. The number of nitro groups is 1. The van der Waals surface area contributed by atoms with E-state index in [0.29, 0.717) is 18.0 Å². The molecule has 104 valence electrons. The Balaban J connectivity index is 3.18. The lowest BCUT2D eigenvalue weighted by Gasteiger charge is -2.23. The van der Waals surface area contributed by atoms with Crippen LogP contribution in [0, 0.1) is 10.1 Å². The molecule has 0 aliphatic heterocycles. The Morgan fingerprint density at radius 2 is 2.16 bits per heavy atom. The van der Waals surface area contributed by atoms with E-state index in [9.17, 15) is 14.9 Å². The summed E-state index contributed by atoms with van der Waals surface area (Å²) < 4.78 is 5.25. The fourth-order valence-corrected chi connectivity index (χ4v) is 1.52. The van der Waals surface area contributed by atoms with Gasteiger partial charge < -0.3 is 14.7 Å². The Hall–Kier alpha value is -2.31. The third kappa shape index (κ3) is 3.57. The van der Waals surface area contributed by atoms with E-state index in [1.165, 1.54) is 24.0 Å². The fourth-order valence-electron chi connectivity index (χ4n) is 1.52. The largest absolute Gasteiger partial charge is 0.494 e. The van der Waals surface area contributed by atoms with Crippen molar-refractivity contribution in [1.82, 2.24) is 0 Å². The van der Waals surface area contributed by atoms with Crippen LogP contribution in [0.1, 0.15) is 13.8 Å². The van der Waals surface area contributed by atoms with Crippen LogP contribution in [0.5, 0.6) is 5.75 Å². The van der Waals surface area contributed by atoms with E-state index in [1.54, 1.807) is 20.0 Å². The molecule has 1 unspecified atom stereocenters. The molecule has 0 aliphatic rings. The van der Waals surface area contributed by atoms with Crippen molar-refractivity contribution in [1.29, 1.82) is 0 Å².